The third-order valence-electron chi connectivity index (χ3n) is 8.38. The van der Waals surface area contributed by atoms with Gasteiger partial charge in [0, 0.05) is 0 Å². The largest absolute Gasteiger partial charge is 0.0848 e. The fourth-order valence-corrected chi connectivity index (χ4v) is 6.41. The molecule has 3 aliphatic carbocycles. The molecular formula is C28H48. The third-order valence-corrected chi connectivity index (χ3v) is 8.38. The maximum Gasteiger partial charge on any atom is -0.00531 e. The molecule has 0 heteroatoms. The Balaban J connectivity index is 1.32. The Labute approximate surface area is 176 Å². The number of unbranched alkanes of at least 4 members (excludes halogenated alkanes) is 2. The van der Waals surface area contributed by atoms with E-state index in [9.17, 15) is 0 Å². The second kappa shape index (κ2) is 12.2. The van der Waals surface area contributed by atoms with Crippen molar-refractivity contribution in [1.82, 2.24) is 0 Å². The van der Waals surface area contributed by atoms with Gasteiger partial charge >= 0.3 is 0 Å². The molecule has 28 heavy (non-hydrogen) atoms. The monoisotopic (exact) mass is 384 g/mol. The van der Waals surface area contributed by atoms with Gasteiger partial charge in [0.25, 0.3) is 0 Å². The van der Waals surface area contributed by atoms with Gasteiger partial charge in [0.1, 0.15) is 0 Å². The lowest BCUT2D eigenvalue weighted by Crippen LogP contribution is -2.25. The summed E-state index contributed by atoms with van der Waals surface area (Å²) in [5.74, 6) is 5.68. The zero-order valence-corrected chi connectivity index (χ0v) is 19.1. The van der Waals surface area contributed by atoms with Crippen molar-refractivity contribution in [2.45, 2.75) is 117 Å². The molecule has 2 unspecified atom stereocenters. The first-order chi connectivity index (χ1) is 13.8. The molecule has 0 saturated heterocycles. The highest BCUT2D eigenvalue weighted by atomic mass is 14.4. The van der Waals surface area contributed by atoms with Crippen LogP contribution in [0.15, 0.2) is 24.3 Å². The molecule has 0 N–H and O–H groups in total. The molecule has 0 spiro atoms. The highest BCUT2D eigenvalue weighted by Crippen LogP contribution is 2.42. The second-order valence-electron chi connectivity index (χ2n) is 10.5. The van der Waals surface area contributed by atoms with Crippen LogP contribution in [0.1, 0.15) is 117 Å². The highest BCUT2D eigenvalue weighted by Gasteiger charge is 2.30. The summed E-state index contributed by atoms with van der Waals surface area (Å²) in [5.41, 5.74) is 0. The molecule has 0 aromatic rings. The Morgan fingerprint density at radius 1 is 0.643 bits per heavy atom. The lowest BCUT2D eigenvalue weighted by Gasteiger charge is -2.37. The average molecular weight is 385 g/mol. The van der Waals surface area contributed by atoms with Crippen LogP contribution < -0.4 is 0 Å². The molecule has 0 bridgehead atoms. The van der Waals surface area contributed by atoms with Gasteiger partial charge in [-0.1, -0.05) is 83.1 Å². The number of allylic oxidation sites excluding steroid dienone is 4. The van der Waals surface area contributed by atoms with Crippen LogP contribution in [-0.2, 0) is 0 Å². The molecule has 0 heterocycles. The fourth-order valence-electron chi connectivity index (χ4n) is 6.41. The average Bonchev–Trinajstić information content (AvgIpc) is 2.75. The van der Waals surface area contributed by atoms with E-state index < -0.39 is 0 Å². The van der Waals surface area contributed by atoms with E-state index in [1.807, 2.05) is 0 Å². The first-order valence-corrected chi connectivity index (χ1v) is 13.1. The molecule has 2 saturated carbocycles. The summed E-state index contributed by atoms with van der Waals surface area (Å²) in [4.78, 5) is 0. The van der Waals surface area contributed by atoms with Gasteiger partial charge in [-0.25, -0.2) is 0 Å². The first kappa shape index (κ1) is 22.2. The Hall–Kier alpha value is -0.520. The summed E-state index contributed by atoms with van der Waals surface area (Å²) >= 11 is 0. The van der Waals surface area contributed by atoms with Crippen LogP contribution in [0.4, 0.5) is 0 Å². The van der Waals surface area contributed by atoms with Crippen LogP contribution in [0.3, 0.4) is 0 Å². The maximum atomic E-state index is 2.61. The van der Waals surface area contributed by atoms with E-state index >= 15 is 0 Å². The zero-order valence-electron chi connectivity index (χ0n) is 19.1. The van der Waals surface area contributed by atoms with Crippen LogP contribution in [-0.4, -0.2) is 0 Å². The number of hydrogen-bond donors (Lipinski definition) is 0. The highest BCUT2D eigenvalue weighted by molar-refractivity contribution is 5.07. The molecule has 2 atom stereocenters. The SMILES string of the molecule is CCCCCC1CCC(C2CCC(C=CC3C=CC(CCC)CC3)CC2)CC1. The van der Waals surface area contributed by atoms with Gasteiger partial charge in [-0.05, 0) is 93.3 Å². The molecule has 160 valence electrons. The fraction of sp³-hybridized carbons (Fsp3) is 0.857. The van der Waals surface area contributed by atoms with Gasteiger partial charge in [-0.3, -0.25) is 0 Å². The molecule has 2 fully saturated rings. The van der Waals surface area contributed by atoms with Crippen molar-refractivity contribution in [3.05, 3.63) is 24.3 Å². The van der Waals surface area contributed by atoms with Crippen molar-refractivity contribution in [3.8, 4) is 0 Å². The van der Waals surface area contributed by atoms with E-state index in [2.05, 4.69) is 38.2 Å². The van der Waals surface area contributed by atoms with Crippen molar-refractivity contribution in [2.75, 3.05) is 0 Å². The standard InChI is InChI=1S/C28H48/c1-3-5-6-8-24-15-19-27(20-16-24)28-21-17-26(18-22-28)14-13-25-11-9-23(7-4-2)10-12-25/h9,11,13-14,23-28H,3-8,10,12,15-22H2,1-2H3. The first-order valence-electron chi connectivity index (χ1n) is 13.1. The Kier molecular flexibility index (Phi) is 9.69. The smallest absolute Gasteiger partial charge is 0.00531 e. The molecule has 0 nitrogen and oxygen atoms in total. The summed E-state index contributed by atoms with van der Waals surface area (Å²) < 4.78 is 0. The van der Waals surface area contributed by atoms with Crippen LogP contribution in [0.2, 0.25) is 0 Å². The molecule has 0 aromatic carbocycles. The summed E-state index contributed by atoms with van der Waals surface area (Å²) in [6.45, 7) is 4.65. The summed E-state index contributed by atoms with van der Waals surface area (Å²) in [6.07, 6.45) is 33.7. The Bertz CT molecular complexity index is 456. The van der Waals surface area contributed by atoms with E-state index in [0.717, 1.165) is 35.5 Å². The molecule has 0 aliphatic heterocycles. The number of rotatable bonds is 9. The van der Waals surface area contributed by atoms with Crippen LogP contribution >= 0.6 is 0 Å². The van der Waals surface area contributed by atoms with Crippen molar-refractivity contribution in [1.29, 1.82) is 0 Å². The lowest BCUT2D eigenvalue weighted by atomic mass is 9.68. The lowest BCUT2D eigenvalue weighted by molar-refractivity contribution is 0.151. The zero-order chi connectivity index (χ0) is 19.6. The molecule has 3 rings (SSSR count). The van der Waals surface area contributed by atoms with Crippen LogP contribution in [0, 0.1) is 35.5 Å². The van der Waals surface area contributed by atoms with Crippen molar-refractivity contribution in [2.24, 2.45) is 35.5 Å². The predicted molar refractivity (Wildman–Crippen MR) is 124 cm³/mol. The van der Waals surface area contributed by atoms with Gasteiger partial charge < -0.3 is 0 Å². The van der Waals surface area contributed by atoms with E-state index in [-0.39, 0.29) is 0 Å². The minimum atomic E-state index is 0.730. The number of hydrogen-bond acceptors (Lipinski definition) is 0. The molecule has 3 aliphatic rings. The molecule has 0 aromatic heterocycles. The van der Waals surface area contributed by atoms with Crippen molar-refractivity contribution in [3.63, 3.8) is 0 Å². The van der Waals surface area contributed by atoms with E-state index in [1.54, 1.807) is 25.7 Å². The van der Waals surface area contributed by atoms with E-state index in [4.69, 9.17) is 0 Å². The second-order valence-corrected chi connectivity index (χ2v) is 10.5. The summed E-state index contributed by atoms with van der Waals surface area (Å²) in [6, 6.07) is 0. The molecular weight excluding hydrogens is 336 g/mol. The van der Waals surface area contributed by atoms with Gasteiger partial charge in [0.05, 0.1) is 0 Å². The molecule has 0 amide bonds. The van der Waals surface area contributed by atoms with E-state index in [1.165, 1.54) is 77.0 Å². The quantitative estimate of drug-likeness (QED) is 0.274. The predicted octanol–water partition coefficient (Wildman–Crippen LogP) is 9.12. The van der Waals surface area contributed by atoms with Gasteiger partial charge in [-0.15, -0.1) is 0 Å². The summed E-state index contributed by atoms with van der Waals surface area (Å²) in [7, 11) is 0. The normalized spacial score (nSPS) is 36.8. The Morgan fingerprint density at radius 2 is 1.36 bits per heavy atom. The summed E-state index contributed by atoms with van der Waals surface area (Å²) in [5, 5.41) is 0. The molecule has 0 radical (unpaired) electrons. The Morgan fingerprint density at radius 3 is 1.96 bits per heavy atom. The maximum absolute atomic E-state index is 2.61. The topological polar surface area (TPSA) is 0 Å². The van der Waals surface area contributed by atoms with Gasteiger partial charge in [-0.2, -0.15) is 0 Å². The van der Waals surface area contributed by atoms with Crippen LogP contribution in [0.5, 0.6) is 0 Å². The van der Waals surface area contributed by atoms with Crippen molar-refractivity contribution < 1.29 is 0 Å². The van der Waals surface area contributed by atoms with Crippen LogP contribution in [0.25, 0.3) is 0 Å². The minimum Gasteiger partial charge on any atom is -0.0848 e. The van der Waals surface area contributed by atoms with E-state index in [0.29, 0.717) is 0 Å². The van der Waals surface area contributed by atoms with Crippen molar-refractivity contribution >= 4 is 0 Å². The minimum absolute atomic E-state index is 0.730. The van der Waals surface area contributed by atoms with Gasteiger partial charge in [0.15, 0.2) is 0 Å². The van der Waals surface area contributed by atoms with Gasteiger partial charge in [0.2, 0.25) is 0 Å². The third kappa shape index (κ3) is 7.07.